The van der Waals surface area contributed by atoms with Crippen molar-refractivity contribution in [1.29, 1.82) is 0 Å². The molecule has 8 heteroatoms. The molecule has 8 heterocycles. The molecule has 0 atom stereocenters. The standard InChI is InChI=1S/C34H26S8/c1-15-8-21(36-20(15)6)23-11-25-26(37-23)12-24(38-25)22-9-17(3)33(41-22)29-10-18(4)34(42-29)31-14-28-27(40-31)13-30(39-28)32-16(2)7-19(5)35-32/h7-14H,1-6H3. The van der Waals surface area contributed by atoms with E-state index in [1.165, 1.54) is 99.6 Å². The molecule has 0 fully saturated rings. The van der Waals surface area contributed by atoms with Crippen LogP contribution in [0.15, 0.2) is 48.5 Å². The Bertz CT molecular complexity index is 2190. The Labute approximate surface area is 277 Å². The highest BCUT2D eigenvalue weighted by Crippen LogP contribution is 2.51. The van der Waals surface area contributed by atoms with Crippen molar-refractivity contribution in [1.82, 2.24) is 0 Å². The Morgan fingerprint density at radius 3 is 1.17 bits per heavy atom. The van der Waals surface area contributed by atoms with Gasteiger partial charge in [0.25, 0.3) is 0 Å². The second kappa shape index (κ2) is 10.3. The molecule has 0 aliphatic heterocycles. The lowest BCUT2D eigenvalue weighted by molar-refractivity contribution is 1.44. The number of hydrogen-bond donors (Lipinski definition) is 0. The molecule has 8 aromatic rings. The van der Waals surface area contributed by atoms with Gasteiger partial charge in [0.1, 0.15) is 0 Å². The van der Waals surface area contributed by atoms with Crippen LogP contribution in [0.25, 0.3) is 67.6 Å². The second-order valence-corrected chi connectivity index (χ2v) is 19.8. The molecule has 0 aromatic carbocycles. The third-order valence-corrected chi connectivity index (χ3v) is 17.9. The van der Waals surface area contributed by atoms with Crippen LogP contribution >= 0.6 is 90.7 Å². The average molecular weight is 691 g/mol. The molecule has 0 unspecified atom stereocenters. The first-order chi connectivity index (χ1) is 20.2. The highest BCUT2D eigenvalue weighted by atomic mass is 32.1. The molecule has 8 aromatic heterocycles. The van der Waals surface area contributed by atoms with Gasteiger partial charge in [-0.25, -0.2) is 0 Å². The van der Waals surface area contributed by atoms with Crippen LogP contribution in [0.5, 0.6) is 0 Å². The molecule has 0 spiro atoms. The molecule has 0 saturated carbocycles. The Hall–Kier alpha value is -1.88. The fourth-order valence-electron chi connectivity index (χ4n) is 5.41. The largest absolute Gasteiger partial charge is 0.139 e. The van der Waals surface area contributed by atoms with Crippen molar-refractivity contribution in [3.05, 3.63) is 80.5 Å². The van der Waals surface area contributed by atoms with E-state index >= 15 is 0 Å². The lowest BCUT2D eigenvalue weighted by atomic mass is 10.2. The van der Waals surface area contributed by atoms with Crippen LogP contribution in [0, 0.1) is 41.5 Å². The lowest BCUT2D eigenvalue weighted by Gasteiger charge is -1.95. The third kappa shape index (κ3) is 4.66. The number of thiophene rings is 8. The SMILES string of the molecule is Cc1cc(C)c(-c2cc3sc(-c4sc(-c5sc(-c6cc7sc(-c8cc(C)c(C)s8)cc7s6)cc5C)cc4C)cc3s2)s1. The summed E-state index contributed by atoms with van der Waals surface area (Å²) in [7, 11) is 0. The Morgan fingerprint density at radius 1 is 0.310 bits per heavy atom. The minimum atomic E-state index is 1.38. The van der Waals surface area contributed by atoms with Gasteiger partial charge in [-0.05, 0) is 112 Å². The summed E-state index contributed by atoms with van der Waals surface area (Å²) in [5.41, 5.74) is 5.55. The van der Waals surface area contributed by atoms with Crippen molar-refractivity contribution >= 4 is 109 Å². The van der Waals surface area contributed by atoms with Crippen molar-refractivity contribution in [2.24, 2.45) is 0 Å². The van der Waals surface area contributed by atoms with Crippen LogP contribution in [-0.2, 0) is 0 Å². The summed E-state index contributed by atoms with van der Waals surface area (Å²) in [6, 6.07) is 19.1. The maximum absolute atomic E-state index is 2.42. The molecule has 0 saturated heterocycles. The Morgan fingerprint density at radius 2 is 0.667 bits per heavy atom. The van der Waals surface area contributed by atoms with Crippen molar-refractivity contribution in [2.45, 2.75) is 41.5 Å². The van der Waals surface area contributed by atoms with Gasteiger partial charge < -0.3 is 0 Å². The Balaban J connectivity index is 1.09. The van der Waals surface area contributed by atoms with E-state index < -0.39 is 0 Å². The fraction of sp³-hybridized carbons (Fsp3) is 0.176. The number of fused-ring (bicyclic) bond motifs is 2. The van der Waals surface area contributed by atoms with E-state index in [4.69, 9.17) is 0 Å². The topological polar surface area (TPSA) is 0 Å². The van der Waals surface area contributed by atoms with Crippen LogP contribution in [0.3, 0.4) is 0 Å². The molecule has 0 bridgehead atoms. The van der Waals surface area contributed by atoms with Crippen LogP contribution < -0.4 is 0 Å². The predicted molar refractivity (Wildman–Crippen MR) is 200 cm³/mol. The van der Waals surface area contributed by atoms with Crippen molar-refractivity contribution in [3.63, 3.8) is 0 Å². The van der Waals surface area contributed by atoms with Crippen molar-refractivity contribution in [3.8, 4) is 48.8 Å². The van der Waals surface area contributed by atoms with Gasteiger partial charge in [-0.3, -0.25) is 0 Å². The third-order valence-electron chi connectivity index (χ3n) is 7.61. The first-order valence-electron chi connectivity index (χ1n) is 13.6. The quantitative estimate of drug-likeness (QED) is 0.169. The molecule has 8 rings (SSSR count). The molecule has 0 nitrogen and oxygen atoms in total. The lowest BCUT2D eigenvalue weighted by Crippen LogP contribution is -1.68. The molecule has 0 N–H and O–H groups in total. The zero-order valence-electron chi connectivity index (χ0n) is 23.9. The van der Waals surface area contributed by atoms with Crippen LogP contribution in [0.2, 0.25) is 0 Å². The van der Waals surface area contributed by atoms with Crippen LogP contribution in [0.1, 0.15) is 32.0 Å². The zero-order valence-corrected chi connectivity index (χ0v) is 30.4. The summed E-state index contributed by atoms with van der Waals surface area (Å²) in [6.07, 6.45) is 0. The van der Waals surface area contributed by atoms with Gasteiger partial charge in [0, 0.05) is 77.3 Å². The summed E-state index contributed by atoms with van der Waals surface area (Å²) in [4.78, 5) is 16.8. The number of hydrogen-bond acceptors (Lipinski definition) is 8. The highest BCUT2D eigenvalue weighted by Gasteiger charge is 2.19. The van der Waals surface area contributed by atoms with Crippen molar-refractivity contribution in [2.75, 3.05) is 0 Å². The van der Waals surface area contributed by atoms with E-state index in [0.717, 1.165) is 0 Å². The summed E-state index contributed by atoms with van der Waals surface area (Å²) < 4.78 is 5.62. The van der Waals surface area contributed by atoms with Gasteiger partial charge in [0.15, 0.2) is 0 Å². The minimum absolute atomic E-state index is 1.38. The molecule has 0 aliphatic rings. The first-order valence-corrected chi connectivity index (χ1v) is 20.2. The number of aryl methyl sites for hydroxylation is 6. The minimum Gasteiger partial charge on any atom is -0.139 e. The zero-order chi connectivity index (χ0) is 28.9. The van der Waals surface area contributed by atoms with Gasteiger partial charge in [0.2, 0.25) is 0 Å². The normalized spacial score (nSPS) is 12.0. The van der Waals surface area contributed by atoms with Gasteiger partial charge in [-0.2, -0.15) is 0 Å². The molecule has 0 amide bonds. The molecule has 0 aliphatic carbocycles. The van der Waals surface area contributed by atoms with Gasteiger partial charge in [-0.15, -0.1) is 90.7 Å². The van der Waals surface area contributed by atoms with E-state index in [-0.39, 0.29) is 0 Å². The molecule has 42 heavy (non-hydrogen) atoms. The summed E-state index contributed by atoms with van der Waals surface area (Å²) >= 11 is 15.5. The number of rotatable bonds is 5. The second-order valence-electron chi connectivity index (χ2n) is 10.9. The molecular formula is C34H26S8. The molecule has 0 radical (unpaired) electrons. The van der Waals surface area contributed by atoms with E-state index in [0.29, 0.717) is 0 Å². The molecule has 210 valence electrons. The van der Waals surface area contributed by atoms with Gasteiger partial charge in [0.05, 0.1) is 0 Å². The molecular weight excluding hydrogens is 665 g/mol. The Kier molecular flexibility index (Phi) is 6.81. The van der Waals surface area contributed by atoms with E-state index in [1.54, 1.807) is 0 Å². The summed E-state index contributed by atoms with van der Waals surface area (Å²) in [5, 5.41) is 0. The maximum atomic E-state index is 2.42. The van der Waals surface area contributed by atoms with Gasteiger partial charge >= 0.3 is 0 Å². The first kappa shape index (κ1) is 27.7. The van der Waals surface area contributed by atoms with E-state index in [2.05, 4.69) is 90.1 Å². The van der Waals surface area contributed by atoms with Crippen LogP contribution in [0.4, 0.5) is 0 Å². The van der Waals surface area contributed by atoms with Crippen molar-refractivity contribution < 1.29 is 0 Å². The van der Waals surface area contributed by atoms with Gasteiger partial charge in [-0.1, -0.05) is 0 Å². The fourth-order valence-corrected chi connectivity index (χ4v) is 15.2. The van der Waals surface area contributed by atoms with E-state index in [1.807, 2.05) is 90.7 Å². The van der Waals surface area contributed by atoms with E-state index in [9.17, 15) is 0 Å². The highest BCUT2D eigenvalue weighted by molar-refractivity contribution is 7.35. The smallest absolute Gasteiger partial charge is 0.0479 e. The predicted octanol–water partition coefficient (Wildman–Crippen LogP) is 14.7. The monoisotopic (exact) mass is 690 g/mol. The summed E-state index contributed by atoms with van der Waals surface area (Å²) in [6.45, 7) is 13.4. The summed E-state index contributed by atoms with van der Waals surface area (Å²) in [5.74, 6) is 0. The average Bonchev–Trinajstić information content (AvgIpc) is 3.74. The maximum Gasteiger partial charge on any atom is 0.0479 e. The van der Waals surface area contributed by atoms with Crippen LogP contribution in [-0.4, -0.2) is 0 Å².